The lowest BCUT2D eigenvalue weighted by Crippen LogP contribution is -2.38. The number of hydrogen-bond acceptors (Lipinski definition) is 4. The van der Waals surface area contributed by atoms with Gasteiger partial charge in [0.1, 0.15) is 5.82 Å². The Bertz CT molecular complexity index is 527. The van der Waals surface area contributed by atoms with Gasteiger partial charge in [-0.25, -0.2) is 17.5 Å². The fraction of sp³-hybridized carbons (Fsp3) is 0.538. The van der Waals surface area contributed by atoms with Crippen molar-refractivity contribution in [3.8, 4) is 0 Å². The summed E-state index contributed by atoms with van der Waals surface area (Å²) in [5.74, 6) is -0.665. The van der Waals surface area contributed by atoms with Gasteiger partial charge in [0, 0.05) is 13.2 Å². The third-order valence-electron chi connectivity index (χ3n) is 2.82. The minimum Gasteiger partial charge on any atom is -0.392 e. The van der Waals surface area contributed by atoms with Gasteiger partial charge in [-0.2, -0.15) is 0 Å². The molecular weight excluding hydrogens is 285 g/mol. The molecule has 0 saturated heterocycles. The predicted molar refractivity (Wildman–Crippen MR) is 73.2 cm³/mol. The fourth-order valence-electron chi connectivity index (χ4n) is 1.92. The number of rotatable bonds is 8. The molecule has 0 aliphatic heterocycles. The van der Waals surface area contributed by atoms with E-state index in [0.29, 0.717) is 6.42 Å². The van der Waals surface area contributed by atoms with Crippen molar-refractivity contribution < 1.29 is 22.7 Å². The highest BCUT2D eigenvalue weighted by molar-refractivity contribution is 7.89. The molecular formula is C13H20FNO4S. The van der Waals surface area contributed by atoms with Gasteiger partial charge in [0.05, 0.1) is 18.1 Å². The Kier molecular flexibility index (Phi) is 6.54. The molecule has 0 saturated carbocycles. The number of benzene rings is 1. The quantitative estimate of drug-likeness (QED) is 0.761. The van der Waals surface area contributed by atoms with Crippen molar-refractivity contribution in [2.45, 2.75) is 37.3 Å². The van der Waals surface area contributed by atoms with Crippen LogP contribution in [-0.2, 0) is 21.4 Å². The monoisotopic (exact) mass is 305 g/mol. The van der Waals surface area contributed by atoms with E-state index in [9.17, 15) is 17.9 Å². The first-order valence-corrected chi connectivity index (χ1v) is 7.83. The van der Waals surface area contributed by atoms with Gasteiger partial charge in [-0.3, -0.25) is 0 Å². The molecule has 1 atom stereocenters. The molecule has 0 fully saturated rings. The maximum Gasteiger partial charge on any atom is 0.241 e. The smallest absolute Gasteiger partial charge is 0.241 e. The molecule has 1 aromatic carbocycles. The summed E-state index contributed by atoms with van der Waals surface area (Å²) in [7, 11) is -2.41. The van der Waals surface area contributed by atoms with Gasteiger partial charge in [-0.05, 0) is 24.1 Å². The molecule has 0 spiro atoms. The average molecular weight is 305 g/mol. The zero-order valence-electron chi connectivity index (χ0n) is 11.6. The third kappa shape index (κ3) is 4.52. The molecule has 1 unspecified atom stereocenters. The molecule has 5 nitrogen and oxygen atoms in total. The van der Waals surface area contributed by atoms with E-state index in [1.165, 1.54) is 13.2 Å². The topological polar surface area (TPSA) is 75.6 Å². The van der Waals surface area contributed by atoms with E-state index in [-0.39, 0.29) is 23.1 Å². The lowest BCUT2D eigenvalue weighted by Gasteiger charge is -2.18. The molecule has 20 heavy (non-hydrogen) atoms. The summed E-state index contributed by atoms with van der Waals surface area (Å²) >= 11 is 0. The van der Waals surface area contributed by atoms with Crippen molar-refractivity contribution in [3.63, 3.8) is 0 Å². The van der Waals surface area contributed by atoms with Crippen LogP contribution in [0.25, 0.3) is 0 Å². The summed E-state index contributed by atoms with van der Waals surface area (Å²) in [6.45, 7) is 1.69. The van der Waals surface area contributed by atoms with Crippen LogP contribution in [0.1, 0.15) is 25.3 Å². The summed E-state index contributed by atoms with van der Waals surface area (Å²) in [5, 5.41) is 9.17. The highest BCUT2D eigenvalue weighted by Crippen LogP contribution is 2.18. The van der Waals surface area contributed by atoms with Crippen LogP contribution >= 0.6 is 0 Å². The van der Waals surface area contributed by atoms with E-state index in [1.807, 2.05) is 6.92 Å². The molecule has 7 heteroatoms. The van der Waals surface area contributed by atoms with Crippen molar-refractivity contribution in [2.75, 3.05) is 13.7 Å². The Balaban J connectivity index is 3.06. The molecule has 0 radical (unpaired) electrons. The second-order valence-electron chi connectivity index (χ2n) is 4.47. The third-order valence-corrected chi connectivity index (χ3v) is 4.42. The molecule has 0 aromatic heterocycles. The first-order chi connectivity index (χ1) is 9.44. The second kappa shape index (κ2) is 7.68. The largest absolute Gasteiger partial charge is 0.392 e. The minimum absolute atomic E-state index is 0.159. The number of ether oxygens (including phenoxy) is 1. The minimum atomic E-state index is -3.90. The molecule has 0 aliphatic carbocycles. The number of halogens is 1. The molecule has 0 heterocycles. The predicted octanol–water partition coefficient (Wildman–Crippen LogP) is 1.41. The Morgan fingerprint density at radius 3 is 2.70 bits per heavy atom. The highest BCUT2D eigenvalue weighted by Gasteiger charge is 2.23. The van der Waals surface area contributed by atoms with Crippen LogP contribution in [0.15, 0.2) is 23.1 Å². The molecule has 0 aliphatic rings. The van der Waals surface area contributed by atoms with Crippen LogP contribution in [0.4, 0.5) is 4.39 Å². The maximum atomic E-state index is 13.2. The zero-order chi connectivity index (χ0) is 15.2. The second-order valence-corrected chi connectivity index (χ2v) is 6.15. The number of aliphatic hydroxyl groups is 1. The van der Waals surface area contributed by atoms with E-state index in [1.54, 1.807) is 0 Å². The zero-order valence-corrected chi connectivity index (χ0v) is 12.4. The fourth-order valence-corrected chi connectivity index (χ4v) is 3.42. The van der Waals surface area contributed by atoms with Crippen molar-refractivity contribution in [2.24, 2.45) is 0 Å². The standard InChI is InChI=1S/C13H20FNO4S/c1-3-4-12(9-19-2)15-20(17,18)13-7-11(14)6-5-10(13)8-16/h5-7,12,15-16H,3-4,8-9H2,1-2H3. The molecule has 114 valence electrons. The van der Waals surface area contributed by atoms with Gasteiger partial charge in [0.25, 0.3) is 0 Å². The van der Waals surface area contributed by atoms with Crippen LogP contribution < -0.4 is 4.72 Å². The van der Waals surface area contributed by atoms with Crippen molar-refractivity contribution in [1.29, 1.82) is 0 Å². The highest BCUT2D eigenvalue weighted by atomic mass is 32.2. The van der Waals surface area contributed by atoms with Gasteiger partial charge in [0.15, 0.2) is 0 Å². The summed E-state index contributed by atoms with van der Waals surface area (Å²) in [5.41, 5.74) is 0.159. The van der Waals surface area contributed by atoms with Crippen molar-refractivity contribution in [3.05, 3.63) is 29.6 Å². The van der Waals surface area contributed by atoms with Crippen LogP contribution in [-0.4, -0.2) is 33.3 Å². The molecule has 0 bridgehead atoms. The van der Waals surface area contributed by atoms with Crippen molar-refractivity contribution in [1.82, 2.24) is 4.72 Å². The Morgan fingerprint density at radius 2 is 2.15 bits per heavy atom. The number of aliphatic hydroxyl groups excluding tert-OH is 1. The number of sulfonamides is 1. The maximum absolute atomic E-state index is 13.2. The first-order valence-electron chi connectivity index (χ1n) is 6.35. The average Bonchev–Trinajstić information content (AvgIpc) is 2.39. The van der Waals surface area contributed by atoms with E-state index >= 15 is 0 Å². The number of hydrogen-bond donors (Lipinski definition) is 2. The first kappa shape index (κ1) is 17.0. The van der Waals surface area contributed by atoms with E-state index in [2.05, 4.69) is 4.72 Å². The number of nitrogens with one attached hydrogen (secondary N) is 1. The van der Waals surface area contributed by atoms with Crippen LogP contribution in [0, 0.1) is 5.82 Å². The summed E-state index contributed by atoms with van der Waals surface area (Å²) in [6.07, 6.45) is 1.39. The van der Waals surface area contributed by atoms with Gasteiger partial charge in [-0.15, -0.1) is 0 Å². The summed E-state index contributed by atoms with van der Waals surface area (Å²) < 4.78 is 45.3. The van der Waals surface area contributed by atoms with E-state index in [4.69, 9.17) is 4.74 Å². The van der Waals surface area contributed by atoms with Gasteiger partial charge >= 0.3 is 0 Å². The van der Waals surface area contributed by atoms with Crippen LogP contribution in [0.5, 0.6) is 0 Å². The molecule has 2 N–H and O–H groups in total. The van der Waals surface area contributed by atoms with Gasteiger partial charge < -0.3 is 9.84 Å². The van der Waals surface area contributed by atoms with Crippen molar-refractivity contribution >= 4 is 10.0 Å². The van der Waals surface area contributed by atoms with Crippen LogP contribution in [0.2, 0.25) is 0 Å². The lowest BCUT2D eigenvalue weighted by molar-refractivity contribution is 0.171. The number of methoxy groups -OCH3 is 1. The summed E-state index contributed by atoms with van der Waals surface area (Å²) in [4.78, 5) is -0.239. The summed E-state index contributed by atoms with van der Waals surface area (Å²) in [6, 6.07) is 2.90. The van der Waals surface area contributed by atoms with Crippen LogP contribution in [0.3, 0.4) is 0 Å². The molecule has 0 amide bonds. The van der Waals surface area contributed by atoms with E-state index < -0.39 is 22.4 Å². The normalized spacial score (nSPS) is 13.4. The molecule has 1 rings (SSSR count). The SMILES string of the molecule is CCCC(COC)NS(=O)(=O)c1cc(F)ccc1CO. The van der Waals surface area contributed by atoms with Gasteiger partial charge in [-0.1, -0.05) is 19.4 Å². The van der Waals surface area contributed by atoms with E-state index in [0.717, 1.165) is 18.6 Å². The Morgan fingerprint density at radius 1 is 1.45 bits per heavy atom. The lowest BCUT2D eigenvalue weighted by atomic mass is 10.2. The Labute approximate surface area is 118 Å². The Hall–Kier alpha value is -1.02. The van der Waals surface area contributed by atoms with Gasteiger partial charge in [0.2, 0.25) is 10.0 Å². The molecule has 1 aromatic rings.